The topological polar surface area (TPSA) is 12.0 Å². The summed E-state index contributed by atoms with van der Waals surface area (Å²) in [5.41, 5.74) is 1.52. The van der Waals surface area contributed by atoms with Crippen LogP contribution in [0.4, 0.5) is 0 Å². The Morgan fingerprint density at radius 2 is 2.31 bits per heavy atom. The van der Waals surface area contributed by atoms with E-state index in [0.717, 1.165) is 0 Å². The minimum Gasteiger partial charge on any atom is -0.295 e. The predicted octanol–water partition coefficient (Wildman–Crippen LogP) is 3.45. The first-order valence-electron chi connectivity index (χ1n) is 5.98. The fourth-order valence-corrected chi connectivity index (χ4v) is 5.57. The van der Waals surface area contributed by atoms with Crippen molar-refractivity contribution in [2.24, 2.45) is 0 Å². The molecule has 0 bridgehead atoms. The highest BCUT2D eigenvalue weighted by atomic mass is 32.2. The minimum absolute atomic E-state index is 0.225. The van der Waals surface area contributed by atoms with E-state index in [-0.39, 0.29) is 4.87 Å². The molecule has 0 amide bonds. The highest BCUT2D eigenvalue weighted by Gasteiger charge is 2.42. The largest absolute Gasteiger partial charge is 0.295 e. The normalized spacial score (nSPS) is 32.9. The standard InChI is InChI=1S/C13H17NS2/c1-2-10-9-16-13(14-10)7-8-15-12-6-4-3-5-11(12)13/h3-6,10,14H,2,7-9H2,1H3. The van der Waals surface area contributed by atoms with Gasteiger partial charge in [-0.2, -0.15) is 0 Å². The van der Waals surface area contributed by atoms with Crippen LogP contribution in [0.15, 0.2) is 29.2 Å². The van der Waals surface area contributed by atoms with Crippen molar-refractivity contribution in [3.8, 4) is 0 Å². The maximum absolute atomic E-state index is 3.86. The maximum Gasteiger partial charge on any atom is 0.0923 e. The van der Waals surface area contributed by atoms with Gasteiger partial charge < -0.3 is 0 Å². The molecule has 16 heavy (non-hydrogen) atoms. The summed E-state index contributed by atoms with van der Waals surface area (Å²) >= 11 is 4.12. The van der Waals surface area contributed by atoms with E-state index in [1.54, 1.807) is 0 Å². The van der Waals surface area contributed by atoms with E-state index in [1.165, 1.54) is 34.8 Å². The fourth-order valence-electron chi connectivity index (χ4n) is 2.54. The smallest absolute Gasteiger partial charge is 0.0923 e. The Morgan fingerprint density at radius 3 is 3.12 bits per heavy atom. The van der Waals surface area contributed by atoms with E-state index in [4.69, 9.17) is 0 Å². The highest BCUT2D eigenvalue weighted by molar-refractivity contribution is 8.01. The Hall–Kier alpha value is -0.120. The number of nitrogens with one attached hydrogen (secondary N) is 1. The monoisotopic (exact) mass is 251 g/mol. The van der Waals surface area contributed by atoms with Crippen LogP contribution in [0, 0.1) is 0 Å². The Kier molecular flexibility index (Phi) is 2.94. The molecule has 1 nitrogen and oxygen atoms in total. The van der Waals surface area contributed by atoms with Gasteiger partial charge in [0, 0.05) is 22.4 Å². The number of hydrogen-bond donors (Lipinski definition) is 1. The summed E-state index contributed by atoms with van der Waals surface area (Å²) in [6.45, 7) is 2.28. The SMILES string of the molecule is CCC1CSC2(CCSc3ccccc32)N1. The van der Waals surface area contributed by atoms with Gasteiger partial charge in [0.1, 0.15) is 0 Å². The van der Waals surface area contributed by atoms with Crippen molar-refractivity contribution in [3.05, 3.63) is 29.8 Å². The molecule has 86 valence electrons. The molecule has 2 aliphatic heterocycles. The lowest BCUT2D eigenvalue weighted by atomic mass is 10.0. The first kappa shape index (κ1) is 11.0. The minimum atomic E-state index is 0.225. The van der Waals surface area contributed by atoms with Crippen molar-refractivity contribution >= 4 is 23.5 Å². The van der Waals surface area contributed by atoms with Crippen LogP contribution in [-0.2, 0) is 4.87 Å². The van der Waals surface area contributed by atoms with Gasteiger partial charge in [-0.05, 0) is 24.5 Å². The molecule has 2 atom stereocenters. The summed E-state index contributed by atoms with van der Waals surface area (Å²) in [5.74, 6) is 2.50. The van der Waals surface area contributed by atoms with Crippen molar-refractivity contribution in [2.45, 2.75) is 35.6 Å². The molecular formula is C13H17NS2. The number of benzene rings is 1. The molecule has 1 N–H and O–H groups in total. The van der Waals surface area contributed by atoms with Gasteiger partial charge in [-0.3, -0.25) is 5.32 Å². The average molecular weight is 251 g/mol. The van der Waals surface area contributed by atoms with Gasteiger partial charge in [0.25, 0.3) is 0 Å². The molecule has 1 fully saturated rings. The van der Waals surface area contributed by atoms with Crippen LogP contribution in [-0.4, -0.2) is 17.5 Å². The van der Waals surface area contributed by atoms with E-state index in [2.05, 4.69) is 48.3 Å². The third-order valence-corrected chi connectivity index (χ3v) is 6.17. The van der Waals surface area contributed by atoms with E-state index >= 15 is 0 Å². The first-order chi connectivity index (χ1) is 7.84. The molecule has 2 heterocycles. The van der Waals surface area contributed by atoms with E-state index < -0.39 is 0 Å². The van der Waals surface area contributed by atoms with Gasteiger partial charge in [0.15, 0.2) is 0 Å². The van der Waals surface area contributed by atoms with Gasteiger partial charge >= 0.3 is 0 Å². The lowest BCUT2D eigenvalue weighted by Gasteiger charge is -2.35. The summed E-state index contributed by atoms with van der Waals surface area (Å²) in [6.07, 6.45) is 2.50. The molecule has 0 aromatic heterocycles. The lowest BCUT2D eigenvalue weighted by molar-refractivity contribution is 0.425. The summed E-state index contributed by atoms with van der Waals surface area (Å²) in [4.78, 5) is 1.70. The summed E-state index contributed by atoms with van der Waals surface area (Å²) in [6, 6.07) is 9.60. The Bertz CT molecular complexity index is 393. The molecule has 0 radical (unpaired) electrons. The van der Waals surface area contributed by atoms with Crippen LogP contribution in [0.25, 0.3) is 0 Å². The second kappa shape index (κ2) is 4.28. The number of rotatable bonds is 1. The third-order valence-electron chi connectivity index (χ3n) is 3.49. The summed E-state index contributed by atoms with van der Waals surface area (Å²) in [5, 5.41) is 3.86. The quantitative estimate of drug-likeness (QED) is 0.821. The molecular weight excluding hydrogens is 234 g/mol. The van der Waals surface area contributed by atoms with Gasteiger partial charge in [-0.15, -0.1) is 23.5 Å². The molecule has 1 saturated heterocycles. The van der Waals surface area contributed by atoms with Crippen molar-refractivity contribution < 1.29 is 0 Å². The molecule has 2 unspecified atom stereocenters. The van der Waals surface area contributed by atoms with Crippen LogP contribution in [0.5, 0.6) is 0 Å². The van der Waals surface area contributed by atoms with Gasteiger partial charge in [-0.25, -0.2) is 0 Å². The molecule has 1 spiro atoms. The Morgan fingerprint density at radius 1 is 1.44 bits per heavy atom. The fraction of sp³-hybridized carbons (Fsp3) is 0.538. The molecule has 3 rings (SSSR count). The lowest BCUT2D eigenvalue weighted by Crippen LogP contribution is -2.41. The zero-order chi connectivity index (χ0) is 11.0. The third kappa shape index (κ3) is 1.69. The summed E-state index contributed by atoms with van der Waals surface area (Å²) < 4.78 is 0. The van der Waals surface area contributed by atoms with Crippen molar-refractivity contribution in [2.75, 3.05) is 11.5 Å². The van der Waals surface area contributed by atoms with Crippen LogP contribution in [0.1, 0.15) is 25.3 Å². The van der Waals surface area contributed by atoms with Gasteiger partial charge in [0.2, 0.25) is 0 Å². The van der Waals surface area contributed by atoms with Gasteiger partial charge in [-0.1, -0.05) is 25.1 Å². The number of hydrogen-bond acceptors (Lipinski definition) is 3. The number of fused-ring (bicyclic) bond motifs is 2. The summed E-state index contributed by atoms with van der Waals surface area (Å²) in [7, 11) is 0. The Labute approximate surface area is 106 Å². The van der Waals surface area contributed by atoms with Gasteiger partial charge in [0.05, 0.1) is 4.87 Å². The maximum atomic E-state index is 3.86. The van der Waals surface area contributed by atoms with Crippen molar-refractivity contribution in [1.29, 1.82) is 0 Å². The van der Waals surface area contributed by atoms with E-state index in [9.17, 15) is 0 Å². The zero-order valence-electron chi connectivity index (χ0n) is 9.53. The van der Waals surface area contributed by atoms with E-state index in [1.807, 2.05) is 11.8 Å². The predicted molar refractivity (Wildman–Crippen MR) is 73.1 cm³/mol. The molecule has 0 saturated carbocycles. The van der Waals surface area contributed by atoms with Crippen LogP contribution in [0.3, 0.4) is 0 Å². The van der Waals surface area contributed by atoms with Crippen LogP contribution >= 0.6 is 23.5 Å². The molecule has 2 aliphatic rings. The molecule has 1 aromatic rings. The van der Waals surface area contributed by atoms with Crippen LogP contribution in [0.2, 0.25) is 0 Å². The Balaban J connectivity index is 1.98. The molecule has 3 heteroatoms. The molecule has 0 aliphatic carbocycles. The highest BCUT2D eigenvalue weighted by Crippen LogP contribution is 2.50. The second-order valence-electron chi connectivity index (χ2n) is 4.48. The van der Waals surface area contributed by atoms with E-state index in [0.29, 0.717) is 6.04 Å². The second-order valence-corrected chi connectivity index (χ2v) is 6.94. The van der Waals surface area contributed by atoms with Crippen molar-refractivity contribution in [1.82, 2.24) is 5.32 Å². The first-order valence-corrected chi connectivity index (χ1v) is 7.95. The zero-order valence-corrected chi connectivity index (χ0v) is 11.2. The number of thioether (sulfide) groups is 2. The van der Waals surface area contributed by atoms with Crippen molar-refractivity contribution in [3.63, 3.8) is 0 Å². The van der Waals surface area contributed by atoms with Crippen LogP contribution < -0.4 is 5.32 Å². The average Bonchev–Trinajstić information content (AvgIpc) is 2.74. The molecule has 1 aromatic carbocycles.